The number of nitrogens with zero attached hydrogens (tertiary/aromatic N) is 1. The molecule has 0 heterocycles. The third-order valence-corrected chi connectivity index (χ3v) is 4.12. The average molecular weight is 234 g/mol. The van der Waals surface area contributed by atoms with Crippen molar-refractivity contribution < 1.29 is 8.42 Å². The molecule has 0 spiro atoms. The Morgan fingerprint density at radius 2 is 1.87 bits per heavy atom. The second kappa shape index (κ2) is 5.27. The highest BCUT2D eigenvalue weighted by Gasteiger charge is 2.29. The fourth-order valence-electron chi connectivity index (χ4n) is 2.10. The SMILES string of the molecule is CC(C)CCN(C1CCCC1)S(N)(=O)=O. The van der Waals surface area contributed by atoms with E-state index in [0.29, 0.717) is 12.5 Å². The normalized spacial score (nSPS) is 19.3. The lowest BCUT2D eigenvalue weighted by Crippen LogP contribution is -2.43. The van der Waals surface area contributed by atoms with Gasteiger partial charge in [0.05, 0.1) is 0 Å². The molecule has 1 fully saturated rings. The number of hydrogen-bond donors (Lipinski definition) is 1. The van der Waals surface area contributed by atoms with Gasteiger partial charge in [-0.15, -0.1) is 0 Å². The van der Waals surface area contributed by atoms with Crippen LogP contribution in [0, 0.1) is 5.92 Å². The minimum atomic E-state index is -3.51. The zero-order valence-corrected chi connectivity index (χ0v) is 10.5. The molecule has 0 unspecified atom stereocenters. The first kappa shape index (κ1) is 12.9. The molecule has 0 radical (unpaired) electrons. The summed E-state index contributed by atoms with van der Waals surface area (Å²) in [7, 11) is -3.51. The Kier molecular flexibility index (Phi) is 4.55. The third kappa shape index (κ3) is 4.09. The van der Waals surface area contributed by atoms with Crippen molar-refractivity contribution in [1.29, 1.82) is 0 Å². The second-order valence-electron chi connectivity index (χ2n) is 4.78. The molecule has 1 saturated carbocycles. The molecule has 2 N–H and O–H groups in total. The van der Waals surface area contributed by atoms with Gasteiger partial charge in [0.2, 0.25) is 0 Å². The van der Waals surface area contributed by atoms with Gasteiger partial charge >= 0.3 is 0 Å². The molecule has 1 aliphatic rings. The lowest BCUT2D eigenvalue weighted by Gasteiger charge is -2.26. The maximum Gasteiger partial charge on any atom is 0.277 e. The van der Waals surface area contributed by atoms with E-state index in [0.717, 1.165) is 32.1 Å². The summed E-state index contributed by atoms with van der Waals surface area (Å²) >= 11 is 0. The first-order valence-corrected chi connectivity index (χ1v) is 7.21. The minimum absolute atomic E-state index is 0.152. The Hall–Kier alpha value is -0.130. The predicted molar refractivity (Wildman–Crippen MR) is 61.5 cm³/mol. The molecule has 1 rings (SSSR count). The third-order valence-electron chi connectivity index (χ3n) is 2.99. The topological polar surface area (TPSA) is 63.4 Å². The van der Waals surface area contributed by atoms with Gasteiger partial charge in [-0.2, -0.15) is 12.7 Å². The fraction of sp³-hybridized carbons (Fsp3) is 1.00. The maximum atomic E-state index is 11.4. The second-order valence-corrected chi connectivity index (χ2v) is 6.28. The van der Waals surface area contributed by atoms with Gasteiger partial charge in [-0.25, -0.2) is 5.14 Å². The first-order valence-electron chi connectivity index (χ1n) is 5.71. The molecule has 0 aromatic heterocycles. The fourth-order valence-corrected chi connectivity index (χ4v) is 3.08. The number of nitrogens with two attached hydrogens (primary N) is 1. The van der Waals surface area contributed by atoms with Gasteiger partial charge in [0.1, 0.15) is 0 Å². The summed E-state index contributed by atoms with van der Waals surface area (Å²) in [6, 6.07) is 0.152. The largest absolute Gasteiger partial charge is 0.277 e. The van der Waals surface area contributed by atoms with Crippen molar-refractivity contribution in [2.75, 3.05) is 6.54 Å². The van der Waals surface area contributed by atoms with Crippen LogP contribution in [-0.2, 0) is 10.2 Å². The highest BCUT2D eigenvalue weighted by Crippen LogP contribution is 2.25. The molecule has 4 nitrogen and oxygen atoms in total. The molecule has 0 aliphatic heterocycles. The van der Waals surface area contributed by atoms with Crippen LogP contribution in [0.2, 0.25) is 0 Å². The standard InChI is InChI=1S/C10H22N2O2S/c1-9(2)7-8-12(15(11,13)14)10-5-3-4-6-10/h9-10H,3-8H2,1-2H3,(H2,11,13,14). The molecular formula is C10H22N2O2S. The molecule has 0 bridgehead atoms. The molecule has 90 valence electrons. The van der Waals surface area contributed by atoms with Gasteiger partial charge in [-0.3, -0.25) is 0 Å². The maximum absolute atomic E-state index is 11.4. The summed E-state index contributed by atoms with van der Waals surface area (Å²) in [6.45, 7) is 4.76. The average Bonchev–Trinajstić information content (AvgIpc) is 2.54. The lowest BCUT2D eigenvalue weighted by atomic mass is 10.1. The van der Waals surface area contributed by atoms with Crippen LogP contribution in [0.15, 0.2) is 0 Å². The summed E-state index contributed by atoms with van der Waals surface area (Å²) in [5.41, 5.74) is 0. The highest BCUT2D eigenvalue weighted by atomic mass is 32.2. The molecule has 0 aromatic rings. The van der Waals surface area contributed by atoms with Crippen molar-refractivity contribution in [3.05, 3.63) is 0 Å². The van der Waals surface area contributed by atoms with E-state index >= 15 is 0 Å². The molecule has 0 amide bonds. The van der Waals surface area contributed by atoms with E-state index < -0.39 is 10.2 Å². The molecule has 5 heteroatoms. The Morgan fingerprint density at radius 3 is 2.27 bits per heavy atom. The van der Waals surface area contributed by atoms with E-state index in [-0.39, 0.29) is 6.04 Å². The number of rotatable bonds is 5. The Bertz CT molecular complexity index is 282. The van der Waals surface area contributed by atoms with Crippen LogP contribution in [0.1, 0.15) is 46.0 Å². The molecule has 0 aromatic carbocycles. The van der Waals surface area contributed by atoms with Crippen LogP contribution in [0.5, 0.6) is 0 Å². The van der Waals surface area contributed by atoms with Gasteiger partial charge in [-0.1, -0.05) is 26.7 Å². The molecule has 1 aliphatic carbocycles. The Morgan fingerprint density at radius 1 is 1.33 bits per heavy atom. The van der Waals surface area contributed by atoms with E-state index in [1.165, 1.54) is 4.31 Å². The predicted octanol–water partition coefficient (Wildman–Crippen LogP) is 1.48. The number of hydrogen-bond acceptors (Lipinski definition) is 2. The highest BCUT2D eigenvalue weighted by molar-refractivity contribution is 7.86. The van der Waals surface area contributed by atoms with Gasteiger partial charge in [0, 0.05) is 12.6 Å². The summed E-state index contributed by atoms with van der Waals surface area (Å²) in [5.74, 6) is 0.510. The van der Waals surface area contributed by atoms with Crippen molar-refractivity contribution in [3.8, 4) is 0 Å². The van der Waals surface area contributed by atoms with Crippen LogP contribution < -0.4 is 5.14 Å². The van der Waals surface area contributed by atoms with Crippen molar-refractivity contribution in [2.24, 2.45) is 11.1 Å². The molecule has 0 saturated heterocycles. The van der Waals surface area contributed by atoms with Crippen molar-refractivity contribution >= 4 is 10.2 Å². The Labute approximate surface area is 93.0 Å². The first-order chi connectivity index (χ1) is 6.91. The summed E-state index contributed by atoms with van der Waals surface area (Å²) in [4.78, 5) is 0. The van der Waals surface area contributed by atoms with Crippen molar-refractivity contribution in [3.63, 3.8) is 0 Å². The zero-order valence-electron chi connectivity index (χ0n) is 9.65. The summed E-state index contributed by atoms with van der Waals surface area (Å²) in [5, 5.41) is 5.24. The molecule has 0 atom stereocenters. The van der Waals surface area contributed by atoms with E-state index in [1.54, 1.807) is 0 Å². The summed E-state index contributed by atoms with van der Waals surface area (Å²) in [6.07, 6.45) is 5.06. The zero-order chi connectivity index (χ0) is 11.5. The van der Waals surface area contributed by atoms with E-state index in [4.69, 9.17) is 5.14 Å². The van der Waals surface area contributed by atoms with Gasteiger partial charge in [0.15, 0.2) is 0 Å². The smallest absolute Gasteiger partial charge is 0.216 e. The Balaban J connectivity index is 2.61. The van der Waals surface area contributed by atoms with E-state index in [2.05, 4.69) is 13.8 Å². The van der Waals surface area contributed by atoms with Gasteiger partial charge < -0.3 is 0 Å². The van der Waals surface area contributed by atoms with Crippen molar-refractivity contribution in [1.82, 2.24) is 4.31 Å². The van der Waals surface area contributed by atoms with Crippen molar-refractivity contribution in [2.45, 2.75) is 52.0 Å². The molecule has 15 heavy (non-hydrogen) atoms. The summed E-state index contributed by atoms with van der Waals surface area (Å²) < 4.78 is 24.4. The molecular weight excluding hydrogens is 212 g/mol. The van der Waals surface area contributed by atoms with Crippen LogP contribution in [0.3, 0.4) is 0 Å². The minimum Gasteiger partial charge on any atom is -0.216 e. The monoisotopic (exact) mass is 234 g/mol. The van der Waals surface area contributed by atoms with E-state index in [1.807, 2.05) is 0 Å². The van der Waals surface area contributed by atoms with E-state index in [9.17, 15) is 8.42 Å². The van der Waals surface area contributed by atoms with Crippen LogP contribution in [0.25, 0.3) is 0 Å². The quantitative estimate of drug-likeness (QED) is 0.783. The lowest BCUT2D eigenvalue weighted by molar-refractivity contribution is 0.305. The van der Waals surface area contributed by atoms with Gasteiger partial charge in [0.25, 0.3) is 10.2 Å². The van der Waals surface area contributed by atoms with Gasteiger partial charge in [-0.05, 0) is 25.2 Å². The van der Waals surface area contributed by atoms with Crippen LogP contribution >= 0.6 is 0 Å². The van der Waals surface area contributed by atoms with Crippen LogP contribution in [0.4, 0.5) is 0 Å². The van der Waals surface area contributed by atoms with Crippen LogP contribution in [-0.4, -0.2) is 25.3 Å².